The number of hydrogen-bond acceptors (Lipinski definition) is 1. The standard InChI is InChI=1S/C8H3BrClF5O/c9-5-3-4(7(11,12)13)1-2-6(5)16-8(10,14)15/h1-3H. The summed E-state index contributed by atoms with van der Waals surface area (Å²) in [6.45, 7) is 0. The minimum Gasteiger partial charge on any atom is -0.419 e. The van der Waals surface area contributed by atoms with E-state index < -0.39 is 23.1 Å². The predicted molar refractivity (Wildman–Crippen MR) is 50.6 cm³/mol. The van der Waals surface area contributed by atoms with Gasteiger partial charge < -0.3 is 4.74 Å². The van der Waals surface area contributed by atoms with Crippen molar-refractivity contribution in [2.24, 2.45) is 0 Å². The zero-order valence-corrected chi connectivity index (χ0v) is 9.63. The van der Waals surface area contributed by atoms with Crippen LogP contribution >= 0.6 is 27.5 Å². The SMILES string of the molecule is FC(F)(Cl)Oc1ccc(C(F)(F)F)cc1Br. The van der Waals surface area contributed by atoms with Gasteiger partial charge in [-0.25, -0.2) is 0 Å². The van der Waals surface area contributed by atoms with Gasteiger partial charge in [-0.15, -0.1) is 8.78 Å². The maximum Gasteiger partial charge on any atom is 0.487 e. The highest BCUT2D eigenvalue weighted by molar-refractivity contribution is 9.10. The highest BCUT2D eigenvalue weighted by atomic mass is 79.9. The molecule has 0 aliphatic heterocycles. The third-order valence-corrected chi connectivity index (χ3v) is 2.18. The summed E-state index contributed by atoms with van der Waals surface area (Å²) < 4.78 is 64.7. The van der Waals surface area contributed by atoms with Crippen molar-refractivity contribution in [1.82, 2.24) is 0 Å². The first kappa shape index (κ1) is 13.5. The van der Waals surface area contributed by atoms with Crippen LogP contribution < -0.4 is 4.74 Å². The average molecular weight is 325 g/mol. The molecule has 0 saturated carbocycles. The molecular weight excluding hydrogens is 322 g/mol. The van der Waals surface area contributed by atoms with E-state index in [2.05, 4.69) is 32.3 Å². The van der Waals surface area contributed by atoms with E-state index in [1.807, 2.05) is 0 Å². The second kappa shape index (κ2) is 4.37. The van der Waals surface area contributed by atoms with Crippen molar-refractivity contribution >= 4 is 27.5 Å². The molecule has 0 saturated heterocycles. The van der Waals surface area contributed by atoms with Gasteiger partial charge in [0.15, 0.2) is 0 Å². The minimum absolute atomic E-state index is 0.261. The van der Waals surface area contributed by atoms with Crippen LogP contribution in [0.25, 0.3) is 0 Å². The lowest BCUT2D eigenvalue weighted by molar-refractivity contribution is -0.137. The van der Waals surface area contributed by atoms with Crippen LogP contribution in [-0.4, -0.2) is 5.57 Å². The van der Waals surface area contributed by atoms with Crippen molar-refractivity contribution in [1.29, 1.82) is 0 Å². The van der Waals surface area contributed by atoms with Crippen LogP contribution in [0.15, 0.2) is 22.7 Å². The Morgan fingerprint density at radius 1 is 1.12 bits per heavy atom. The van der Waals surface area contributed by atoms with Gasteiger partial charge in [0.05, 0.1) is 10.0 Å². The van der Waals surface area contributed by atoms with Crippen molar-refractivity contribution < 1.29 is 26.7 Å². The van der Waals surface area contributed by atoms with E-state index in [4.69, 9.17) is 0 Å². The Balaban J connectivity index is 3.01. The summed E-state index contributed by atoms with van der Waals surface area (Å²) in [5, 5.41) is 0. The number of benzene rings is 1. The zero-order valence-electron chi connectivity index (χ0n) is 7.29. The quantitative estimate of drug-likeness (QED) is 0.569. The van der Waals surface area contributed by atoms with E-state index in [-0.39, 0.29) is 4.47 Å². The van der Waals surface area contributed by atoms with Crippen LogP contribution in [0.4, 0.5) is 22.0 Å². The third kappa shape index (κ3) is 3.79. The Hall–Kier alpha value is -0.560. The Morgan fingerprint density at radius 3 is 2.06 bits per heavy atom. The van der Waals surface area contributed by atoms with Crippen LogP contribution in [0.1, 0.15) is 5.56 Å². The first-order valence-electron chi connectivity index (χ1n) is 3.72. The molecule has 0 aromatic heterocycles. The van der Waals surface area contributed by atoms with Crippen molar-refractivity contribution in [2.45, 2.75) is 11.7 Å². The fourth-order valence-corrected chi connectivity index (χ4v) is 1.43. The summed E-state index contributed by atoms with van der Waals surface area (Å²) in [4.78, 5) is 0. The molecule has 0 radical (unpaired) electrons. The number of alkyl halides is 6. The lowest BCUT2D eigenvalue weighted by Crippen LogP contribution is -2.16. The first-order chi connectivity index (χ1) is 7.09. The molecule has 0 bridgehead atoms. The van der Waals surface area contributed by atoms with E-state index in [0.29, 0.717) is 12.1 Å². The van der Waals surface area contributed by atoms with Gasteiger partial charge >= 0.3 is 11.7 Å². The van der Waals surface area contributed by atoms with Crippen LogP contribution in [-0.2, 0) is 6.18 Å². The molecule has 0 unspecified atom stereocenters. The monoisotopic (exact) mass is 324 g/mol. The molecule has 0 fully saturated rings. The Labute approximate surface area is 100 Å². The second-order valence-electron chi connectivity index (χ2n) is 2.69. The van der Waals surface area contributed by atoms with Crippen LogP contribution in [0.2, 0.25) is 0 Å². The average Bonchev–Trinajstić information content (AvgIpc) is 2.04. The molecule has 0 N–H and O–H groups in total. The van der Waals surface area contributed by atoms with E-state index >= 15 is 0 Å². The van der Waals surface area contributed by atoms with Crippen molar-refractivity contribution in [3.05, 3.63) is 28.2 Å². The van der Waals surface area contributed by atoms with E-state index in [0.717, 1.165) is 6.07 Å². The second-order valence-corrected chi connectivity index (χ2v) is 3.99. The maximum atomic E-state index is 12.2. The van der Waals surface area contributed by atoms with Crippen molar-refractivity contribution in [3.63, 3.8) is 0 Å². The summed E-state index contributed by atoms with van der Waals surface area (Å²) in [7, 11) is 0. The largest absolute Gasteiger partial charge is 0.487 e. The van der Waals surface area contributed by atoms with Gasteiger partial charge in [-0.05, 0) is 34.1 Å². The highest BCUT2D eigenvalue weighted by Gasteiger charge is 2.33. The molecule has 0 spiro atoms. The van der Waals surface area contributed by atoms with Crippen LogP contribution in [0.5, 0.6) is 5.75 Å². The van der Waals surface area contributed by atoms with Gasteiger partial charge in [0.25, 0.3) is 0 Å². The lowest BCUT2D eigenvalue weighted by atomic mass is 10.2. The molecule has 1 aromatic rings. The molecule has 0 heterocycles. The number of hydrogen-bond donors (Lipinski definition) is 0. The minimum atomic E-state index is -4.55. The summed E-state index contributed by atoms with van der Waals surface area (Å²) in [6.07, 6.45) is -4.55. The molecule has 0 aliphatic carbocycles. The third-order valence-electron chi connectivity index (χ3n) is 1.48. The van der Waals surface area contributed by atoms with Gasteiger partial charge in [-0.2, -0.15) is 13.2 Å². The molecule has 8 heteroatoms. The molecule has 1 rings (SSSR count). The summed E-state index contributed by atoms with van der Waals surface area (Å²) >= 11 is 7.15. The van der Waals surface area contributed by atoms with Gasteiger partial charge in [0.2, 0.25) is 0 Å². The van der Waals surface area contributed by atoms with Gasteiger partial charge in [0.1, 0.15) is 5.75 Å². The van der Waals surface area contributed by atoms with E-state index in [1.54, 1.807) is 0 Å². The number of halogens is 7. The zero-order chi connectivity index (χ0) is 12.6. The topological polar surface area (TPSA) is 9.23 Å². The van der Waals surface area contributed by atoms with E-state index in [9.17, 15) is 22.0 Å². The molecule has 1 nitrogen and oxygen atoms in total. The number of rotatable bonds is 2. The fraction of sp³-hybridized carbons (Fsp3) is 0.250. The molecule has 0 aliphatic rings. The molecule has 0 atom stereocenters. The van der Waals surface area contributed by atoms with E-state index in [1.165, 1.54) is 0 Å². The van der Waals surface area contributed by atoms with Gasteiger partial charge in [0, 0.05) is 11.6 Å². The summed E-state index contributed by atoms with van der Waals surface area (Å²) in [5.41, 5.74) is -4.95. The fourth-order valence-electron chi connectivity index (χ4n) is 0.885. The Morgan fingerprint density at radius 2 is 1.69 bits per heavy atom. The molecule has 90 valence electrons. The molecule has 1 aromatic carbocycles. The van der Waals surface area contributed by atoms with Gasteiger partial charge in [-0.1, -0.05) is 0 Å². The van der Waals surface area contributed by atoms with Crippen LogP contribution in [0.3, 0.4) is 0 Å². The maximum absolute atomic E-state index is 12.2. The van der Waals surface area contributed by atoms with Crippen molar-refractivity contribution in [2.75, 3.05) is 0 Å². The first-order valence-corrected chi connectivity index (χ1v) is 4.89. The molecule has 16 heavy (non-hydrogen) atoms. The smallest absolute Gasteiger partial charge is 0.419 e. The number of ether oxygens (including phenoxy) is 1. The highest BCUT2D eigenvalue weighted by Crippen LogP contribution is 2.37. The molecular formula is C8H3BrClF5O. The van der Waals surface area contributed by atoms with Crippen molar-refractivity contribution in [3.8, 4) is 5.75 Å². The predicted octanol–water partition coefficient (Wildman–Crippen LogP) is 4.64. The Bertz CT molecular complexity index is 387. The summed E-state index contributed by atoms with van der Waals surface area (Å²) in [6, 6.07) is 1.99. The van der Waals surface area contributed by atoms with Crippen LogP contribution in [0, 0.1) is 0 Å². The molecule has 0 amide bonds. The lowest BCUT2D eigenvalue weighted by Gasteiger charge is -2.13. The van der Waals surface area contributed by atoms with Gasteiger partial charge in [-0.3, -0.25) is 0 Å². The normalized spacial score (nSPS) is 12.7. The summed E-state index contributed by atoms with van der Waals surface area (Å²) in [5.74, 6) is -0.479. The Kier molecular flexibility index (Phi) is 3.69.